The molecule has 6 rings (SSSR count). The van der Waals surface area contributed by atoms with Gasteiger partial charge in [-0.2, -0.15) is 17.9 Å². The maximum absolute atomic E-state index is 15.2. The van der Waals surface area contributed by atoms with Gasteiger partial charge in [-0.15, -0.1) is 5.10 Å². The molecule has 2 aliphatic heterocycles. The molecule has 1 fully saturated rings. The number of rotatable bonds is 4. The summed E-state index contributed by atoms with van der Waals surface area (Å²) in [6, 6.07) is 2.25. The largest absolute Gasteiger partial charge is 0.418 e. The van der Waals surface area contributed by atoms with Crippen LogP contribution in [0, 0.1) is 5.82 Å². The minimum Gasteiger partial charge on any atom is -0.366 e. The van der Waals surface area contributed by atoms with E-state index in [1.54, 1.807) is 11.0 Å². The van der Waals surface area contributed by atoms with Crippen LogP contribution >= 0.6 is 11.6 Å². The van der Waals surface area contributed by atoms with Crippen LogP contribution in [-0.2, 0) is 11.0 Å². The molecule has 2 N–H and O–H groups in total. The number of halogens is 5. The lowest BCUT2D eigenvalue weighted by molar-refractivity contribution is -0.137. The molecule has 0 spiro atoms. The highest BCUT2D eigenvalue weighted by molar-refractivity contribution is 6.31. The van der Waals surface area contributed by atoms with Gasteiger partial charge in [0.15, 0.2) is 5.82 Å². The maximum atomic E-state index is 15.2. The number of imidazole rings is 1. The Hall–Kier alpha value is -4.00. The number of aromatic nitrogens is 7. The van der Waals surface area contributed by atoms with Gasteiger partial charge in [0.2, 0.25) is 5.91 Å². The van der Waals surface area contributed by atoms with E-state index in [1.807, 2.05) is 0 Å². The summed E-state index contributed by atoms with van der Waals surface area (Å²) >= 11 is 6.06. The minimum absolute atomic E-state index is 0.0560. The van der Waals surface area contributed by atoms with Crippen molar-refractivity contribution in [3.63, 3.8) is 0 Å². The van der Waals surface area contributed by atoms with Crippen LogP contribution in [0.2, 0.25) is 5.02 Å². The number of hydrogen-bond donors (Lipinski definition) is 2. The summed E-state index contributed by atoms with van der Waals surface area (Å²) in [7, 11) is 0. The van der Waals surface area contributed by atoms with Crippen LogP contribution in [0.5, 0.6) is 0 Å². The first-order valence-corrected chi connectivity index (χ1v) is 11.6. The smallest absolute Gasteiger partial charge is 0.366 e. The van der Waals surface area contributed by atoms with Gasteiger partial charge in [-0.1, -0.05) is 11.6 Å². The lowest BCUT2D eigenvalue weighted by Gasteiger charge is -2.33. The van der Waals surface area contributed by atoms with E-state index in [4.69, 9.17) is 11.6 Å². The average Bonchev–Trinajstić information content (AvgIpc) is 3.65. The molecule has 0 saturated carbocycles. The number of amides is 1. The van der Waals surface area contributed by atoms with E-state index in [2.05, 4.69) is 30.5 Å². The van der Waals surface area contributed by atoms with Crippen molar-refractivity contribution in [1.82, 2.24) is 40.1 Å². The van der Waals surface area contributed by atoms with Crippen LogP contribution in [-0.4, -0.2) is 52.0 Å². The van der Waals surface area contributed by atoms with Gasteiger partial charge in [0.05, 0.1) is 34.2 Å². The third kappa shape index (κ3) is 3.89. The number of carbonyl (C=O) groups excluding carboxylic acids is 1. The zero-order valence-corrected chi connectivity index (χ0v) is 19.6. The van der Waals surface area contributed by atoms with Gasteiger partial charge in [-0.25, -0.2) is 9.37 Å². The monoisotopic (exact) mass is 532 g/mol. The van der Waals surface area contributed by atoms with Crippen LogP contribution < -0.4 is 0 Å². The summed E-state index contributed by atoms with van der Waals surface area (Å²) in [5, 5.41) is 10.9. The van der Waals surface area contributed by atoms with E-state index in [0.717, 1.165) is 6.20 Å². The van der Waals surface area contributed by atoms with Crippen LogP contribution in [0.25, 0.3) is 22.5 Å². The molecule has 9 nitrogen and oxygen atoms in total. The Labute approximate surface area is 211 Å². The zero-order valence-electron chi connectivity index (χ0n) is 18.8. The maximum Gasteiger partial charge on any atom is 0.418 e. The number of nitrogens with one attached hydrogen (secondary N) is 2. The second-order valence-electron chi connectivity index (χ2n) is 8.84. The number of aromatic amines is 2. The Morgan fingerprint density at radius 1 is 1.16 bits per heavy atom. The number of H-pyrrole nitrogens is 2. The lowest BCUT2D eigenvalue weighted by atomic mass is 9.92. The Kier molecular flexibility index (Phi) is 5.40. The molecule has 1 saturated heterocycles. The number of tetrazole rings is 1. The quantitative estimate of drug-likeness (QED) is 0.370. The molecule has 190 valence electrons. The molecule has 1 aromatic carbocycles. The molecule has 1 amide bonds. The lowest BCUT2D eigenvalue weighted by Crippen LogP contribution is -2.39. The summed E-state index contributed by atoms with van der Waals surface area (Å²) in [6.07, 6.45) is 3.11. The molecule has 2 atom stereocenters. The molecular formula is C23H17ClF4N8O. The highest BCUT2D eigenvalue weighted by Crippen LogP contribution is 2.44. The molecule has 0 unspecified atom stereocenters. The van der Waals surface area contributed by atoms with Crippen LogP contribution in [0.1, 0.15) is 42.3 Å². The van der Waals surface area contributed by atoms with E-state index in [0.29, 0.717) is 36.3 Å². The topological polar surface area (TPSA) is 108 Å². The Morgan fingerprint density at radius 3 is 2.76 bits per heavy atom. The van der Waals surface area contributed by atoms with Crippen LogP contribution in [0.4, 0.5) is 17.6 Å². The second-order valence-corrected chi connectivity index (χ2v) is 9.25. The summed E-state index contributed by atoms with van der Waals surface area (Å²) in [6.45, 7) is 0. The highest BCUT2D eigenvalue weighted by atomic mass is 35.5. The number of hydrogen-bond acceptors (Lipinski definition) is 5. The Bertz CT molecular complexity index is 1520. The average molecular weight is 533 g/mol. The van der Waals surface area contributed by atoms with Gasteiger partial charge >= 0.3 is 6.18 Å². The molecular weight excluding hydrogens is 516 g/mol. The third-order valence-electron chi connectivity index (χ3n) is 6.75. The van der Waals surface area contributed by atoms with Gasteiger partial charge in [0.25, 0.3) is 0 Å². The van der Waals surface area contributed by atoms with E-state index in [9.17, 15) is 18.0 Å². The molecule has 0 aliphatic carbocycles. The molecule has 14 heteroatoms. The zero-order chi connectivity index (χ0) is 25.9. The van der Waals surface area contributed by atoms with E-state index in [1.165, 1.54) is 35.5 Å². The predicted octanol–water partition coefficient (Wildman–Crippen LogP) is 4.71. The molecule has 2 aliphatic rings. The van der Waals surface area contributed by atoms with Gasteiger partial charge in [-0.05, 0) is 47.4 Å². The van der Waals surface area contributed by atoms with Crippen molar-refractivity contribution in [1.29, 1.82) is 0 Å². The molecule has 5 heterocycles. The Morgan fingerprint density at radius 2 is 2.00 bits per heavy atom. The molecule has 3 aromatic heterocycles. The first kappa shape index (κ1) is 23.4. The van der Waals surface area contributed by atoms with E-state index < -0.39 is 23.6 Å². The van der Waals surface area contributed by atoms with Gasteiger partial charge in [-0.3, -0.25) is 4.79 Å². The van der Waals surface area contributed by atoms with Crippen molar-refractivity contribution in [2.75, 3.05) is 0 Å². The standard InChI is InChI=1S/C23H17ClF4N8O/c24-15-2-4-17(35-10-31-33-34-35)20(21(15)25)11-5-12-1-3-18(36(12)19(37)6-11)22-30-9-16(32-22)13-7-29-8-14(13)23(26,27)28/h2,4,6-10,12,18,29H,1,3,5H2,(H,30,32)/t12-,18+/m1/s1. The molecule has 4 aromatic rings. The second kappa shape index (κ2) is 8.54. The van der Waals surface area contributed by atoms with Gasteiger partial charge in [0, 0.05) is 35.6 Å². The van der Waals surface area contributed by atoms with Gasteiger partial charge in [0.1, 0.15) is 12.2 Å². The molecule has 0 radical (unpaired) electrons. The first-order chi connectivity index (χ1) is 17.7. The molecule has 37 heavy (non-hydrogen) atoms. The number of benzene rings is 1. The van der Waals surface area contributed by atoms with Crippen LogP contribution in [0.3, 0.4) is 0 Å². The fraction of sp³-hybridized carbons (Fsp3) is 0.261. The van der Waals surface area contributed by atoms with Crippen molar-refractivity contribution in [2.45, 2.75) is 37.5 Å². The predicted molar refractivity (Wildman–Crippen MR) is 123 cm³/mol. The SMILES string of the molecule is O=C1C=C(c2c(-n3cnnn3)ccc(Cl)c2F)C[C@H]2CC[C@@H](c3ncc(-c4c[nH]cc4C(F)(F)F)[nH]3)N12. The highest BCUT2D eigenvalue weighted by Gasteiger charge is 2.42. The fourth-order valence-corrected chi connectivity index (χ4v) is 5.33. The number of fused-ring (bicyclic) bond motifs is 1. The van der Waals surface area contributed by atoms with E-state index in [-0.39, 0.29) is 33.8 Å². The van der Waals surface area contributed by atoms with Gasteiger partial charge < -0.3 is 14.9 Å². The Balaban J connectivity index is 1.32. The molecule has 0 bridgehead atoms. The fourth-order valence-electron chi connectivity index (χ4n) is 5.17. The minimum atomic E-state index is -4.53. The summed E-state index contributed by atoms with van der Waals surface area (Å²) < 4.78 is 56.5. The van der Waals surface area contributed by atoms with Crippen molar-refractivity contribution in [2.24, 2.45) is 0 Å². The number of carbonyl (C=O) groups is 1. The van der Waals surface area contributed by atoms with Crippen molar-refractivity contribution < 1.29 is 22.4 Å². The number of alkyl halides is 3. The van der Waals surface area contributed by atoms with Crippen LogP contribution in [0.15, 0.2) is 43.1 Å². The van der Waals surface area contributed by atoms with Crippen molar-refractivity contribution in [3.05, 3.63) is 70.9 Å². The number of nitrogens with zero attached hydrogens (tertiary/aromatic N) is 6. The summed E-state index contributed by atoms with van der Waals surface area (Å²) in [5.41, 5.74) is 0.273. The third-order valence-corrected chi connectivity index (χ3v) is 7.04. The summed E-state index contributed by atoms with van der Waals surface area (Å²) in [5.74, 6) is -0.647. The first-order valence-electron chi connectivity index (χ1n) is 11.3. The normalized spacial score (nSPS) is 19.9. The van der Waals surface area contributed by atoms with Crippen molar-refractivity contribution >= 4 is 23.1 Å². The summed E-state index contributed by atoms with van der Waals surface area (Å²) in [4.78, 5) is 24.7. The van der Waals surface area contributed by atoms with Crippen molar-refractivity contribution in [3.8, 4) is 16.9 Å². The van der Waals surface area contributed by atoms with E-state index >= 15 is 4.39 Å².